The van der Waals surface area contributed by atoms with E-state index in [1.54, 1.807) is 0 Å². The standard InChI is InChI=1S/C2H2N4.4ClH/c1-2-4-6-5-3-1;;;;/h1-2H;4*1H. The van der Waals surface area contributed by atoms with Crippen molar-refractivity contribution >= 4 is 49.6 Å². The zero-order valence-electron chi connectivity index (χ0n) is 4.58. The molecule has 0 bridgehead atoms. The third-order valence-corrected chi connectivity index (χ3v) is 0.343. The number of hydrogen-bond acceptors (Lipinski definition) is 4. The monoisotopic (exact) mass is 226 g/mol. The predicted molar refractivity (Wildman–Crippen MR) is 46.6 cm³/mol. The first-order valence-corrected chi connectivity index (χ1v) is 1.45. The largest absolute Gasteiger partial charge is 0.147 e. The molecule has 0 radical (unpaired) electrons. The second-order valence-electron chi connectivity index (χ2n) is 0.708. The number of hydrogen-bond donors (Lipinski definition) is 0. The molecule has 4 nitrogen and oxygen atoms in total. The molecule has 0 aliphatic carbocycles. The quantitative estimate of drug-likeness (QED) is 0.663. The van der Waals surface area contributed by atoms with Crippen LogP contribution in [0.2, 0.25) is 0 Å². The highest BCUT2D eigenvalue weighted by atomic mass is 35.5. The summed E-state index contributed by atoms with van der Waals surface area (Å²) in [6.45, 7) is 0. The fraction of sp³-hybridized carbons (Fsp3) is 0. The molecule has 8 heteroatoms. The number of rotatable bonds is 0. The van der Waals surface area contributed by atoms with Gasteiger partial charge in [0.2, 0.25) is 0 Å². The molecule has 0 atom stereocenters. The molecule has 1 heterocycles. The average Bonchev–Trinajstić information content (AvgIpc) is 1.72. The Balaban J connectivity index is -0.0000000450. The van der Waals surface area contributed by atoms with Crippen molar-refractivity contribution in [3.63, 3.8) is 0 Å². The summed E-state index contributed by atoms with van der Waals surface area (Å²) in [6, 6.07) is 0. The molecule has 0 aromatic carbocycles. The molecule has 0 aliphatic rings. The van der Waals surface area contributed by atoms with Crippen molar-refractivity contribution in [2.45, 2.75) is 0 Å². The van der Waals surface area contributed by atoms with Crippen molar-refractivity contribution in [2.24, 2.45) is 0 Å². The lowest BCUT2D eigenvalue weighted by molar-refractivity contribution is 0.761. The van der Waals surface area contributed by atoms with E-state index in [2.05, 4.69) is 20.6 Å². The van der Waals surface area contributed by atoms with Crippen molar-refractivity contribution in [1.29, 1.82) is 0 Å². The van der Waals surface area contributed by atoms with Gasteiger partial charge >= 0.3 is 0 Å². The van der Waals surface area contributed by atoms with Crippen molar-refractivity contribution in [3.8, 4) is 0 Å². The number of halogens is 4. The van der Waals surface area contributed by atoms with Gasteiger partial charge in [0.05, 0.1) is 12.4 Å². The lowest BCUT2D eigenvalue weighted by Crippen LogP contribution is -1.84. The number of aromatic nitrogens is 4. The highest BCUT2D eigenvalue weighted by Gasteiger charge is 1.61. The van der Waals surface area contributed by atoms with Gasteiger partial charge in [0.15, 0.2) is 0 Å². The maximum Gasteiger partial charge on any atom is 0.0716 e. The second-order valence-corrected chi connectivity index (χ2v) is 0.708. The summed E-state index contributed by atoms with van der Waals surface area (Å²) in [5.41, 5.74) is 0. The van der Waals surface area contributed by atoms with Crippen LogP contribution in [0.15, 0.2) is 12.4 Å². The van der Waals surface area contributed by atoms with Crippen LogP contribution < -0.4 is 0 Å². The summed E-state index contributed by atoms with van der Waals surface area (Å²) in [5.74, 6) is 0. The highest BCUT2D eigenvalue weighted by Crippen LogP contribution is 1.53. The first kappa shape index (κ1) is 22.5. The zero-order valence-corrected chi connectivity index (χ0v) is 7.84. The van der Waals surface area contributed by atoms with Gasteiger partial charge in [-0.3, -0.25) is 0 Å². The smallest absolute Gasteiger partial charge is 0.0716 e. The van der Waals surface area contributed by atoms with Crippen LogP contribution in [0.1, 0.15) is 0 Å². The van der Waals surface area contributed by atoms with Gasteiger partial charge in [0.1, 0.15) is 0 Å². The summed E-state index contributed by atoms with van der Waals surface area (Å²) in [4.78, 5) is 0. The van der Waals surface area contributed by atoms with Gasteiger partial charge in [-0.05, 0) is 10.4 Å². The van der Waals surface area contributed by atoms with Gasteiger partial charge < -0.3 is 0 Å². The zero-order chi connectivity index (χ0) is 4.24. The maximum atomic E-state index is 3.36. The van der Waals surface area contributed by atoms with E-state index in [4.69, 9.17) is 0 Å². The minimum atomic E-state index is 0. The molecular formula is C2H6Cl4N4. The summed E-state index contributed by atoms with van der Waals surface area (Å²) in [6.07, 6.45) is 2.93. The van der Waals surface area contributed by atoms with Gasteiger partial charge in [-0.2, -0.15) is 0 Å². The van der Waals surface area contributed by atoms with Crippen LogP contribution >= 0.6 is 49.6 Å². The molecule has 1 rings (SSSR count). The van der Waals surface area contributed by atoms with Gasteiger partial charge in [-0.25, -0.2) is 0 Å². The first-order chi connectivity index (χ1) is 3.00. The van der Waals surface area contributed by atoms with E-state index >= 15 is 0 Å². The van der Waals surface area contributed by atoms with Crippen LogP contribution in [0.3, 0.4) is 0 Å². The van der Waals surface area contributed by atoms with Crippen molar-refractivity contribution in [3.05, 3.63) is 12.4 Å². The minimum absolute atomic E-state index is 0. The summed E-state index contributed by atoms with van der Waals surface area (Å²) >= 11 is 0. The Morgan fingerprint density at radius 3 is 1.00 bits per heavy atom. The van der Waals surface area contributed by atoms with Crippen LogP contribution in [0, 0.1) is 0 Å². The molecular weight excluding hydrogens is 222 g/mol. The van der Waals surface area contributed by atoms with Crippen LogP contribution in [0.5, 0.6) is 0 Å². The second kappa shape index (κ2) is 16.0. The van der Waals surface area contributed by atoms with Gasteiger partial charge in [0, 0.05) is 0 Å². The molecule has 1 aromatic heterocycles. The van der Waals surface area contributed by atoms with Crippen LogP contribution in [-0.4, -0.2) is 20.6 Å². The van der Waals surface area contributed by atoms with Crippen LogP contribution in [0.25, 0.3) is 0 Å². The Bertz CT molecular complexity index is 87.2. The van der Waals surface area contributed by atoms with Crippen molar-refractivity contribution in [2.75, 3.05) is 0 Å². The Morgan fingerprint density at radius 1 is 0.600 bits per heavy atom. The third kappa shape index (κ3) is 11.0. The number of nitrogens with zero attached hydrogens (tertiary/aromatic N) is 4. The lowest BCUT2D eigenvalue weighted by atomic mass is 11.0. The Kier molecular flexibility index (Phi) is 36.1. The van der Waals surface area contributed by atoms with E-state index < -0.39 is 0 Å². The minimum Gasteiger partial charge on any atom is -0.147 e. The van der Waals surface area contributed by atoms with E-state index in [9.17, 15) is 0 Å². The fourth-order valence-electron chi connectivity index (χ4n) is 0.165. The fourth-order valence-corrected chi connectivity index (χ4v) is 0.165. The topological polar surface area (TPSA) is 51.6 Å². The Morgan fingerprint density at radius 2 is 0.900 bits per heavy atom. The van der Waals surface area contributed by atoms with E-state index in [0.717, 1.165) is 0 Å². The molecule has 0 unspecified atom stereocenters. The normalized spacial score (nSPS) is 4.80. The summed E-state index contributed by atoms with van der Waals surface area (Å²) < 4.78 is 0. The van der Waals surface area contributed by atoms with Gasteiger partial charge in [0.25, 0.3) is 0 Å². The van der Waals surface area contributed by atoms with Crippen molar-refractivity contribution < 1.29 is 0 Å². The average molecular weight is 228 g/mol. The summed E-state index contributed by atoms with van der Waals surface area (Å²) in [5, 5.41) is 13.1. The van der Waals surface area contributed by atoms with Crippen LogP contribution in [0.4, 0.5) is 0 Å². The molecule has 1 aromatic rings. The molecule has 0 N–H and O–H groups in total. The first-order valence-electron chi connectivity index (χ1n) is 1.45. The maximum absolute atomic E-state index is 3.36. The SMILES string of the molecule is Cl.Cl.Cl.Cl.c1cnnnn1. The van der Waals surface area contributed by atoms with Gasteiger partial charge in [-0.1, -0.05) is 0 Å². The Hall–Kier alpha value is 0.1000. The summed E-state index contributed by atoms with van der Waals surface area (Å²) in [7, 11) is 0. The molecule has 62 valence electrons. The molecule has 0 spiro atoms. The van der Waals surface area contributed by atoms with E-state index in [-0.39, 0.29) is 49.6 Å². The third-order valence-electron chi connectivity index (χ3n) is 0.343. The van der Waals surface area contributed by atoms with E-state index in [1.165, 1.54) is 12.4 Å². The molecule has 0 fully saturated rings. The molecule has 0 saturated heterocycles. The molecule has 0 aliphatic heterocycles. The Labute approximate surface area is 82.8 Å². The van der Waals surface area contributed by atoms with Crippen LogP contribution in [-0.2, 0) is 0 Å². The lowest BCUT2D eigenvalue weighted by Gasteiger charge is -1.67. The predicted octanol–water partition coefficient (Wildman–Crippen LogP) is 0.954. The van der Waals surface area contributed by atoms with E-state index in [0.29, 0.717) is 0 Å². The molecule has 0 amide bonds. The van der Waals surface area contributed by atoms with Crippen molar-refractivity contribution in [1.82, 2.24) is 20.6 Å². The molecule has 0 saturated carbocycles. The highest BCUT2D eigenvalue weighted by molar-refractivity contribution is 5.86. The van der Waals surface area contributed by atoms with Gasteiger partial charge in [-0.15, -0.1) is 59.8 Å². The molecule has 10 heavy (non-hydrogen) atoms. The van der Waals surface area contributed by atoms with E-state index in [1.807, 2.05) is 0 Å².